The number of hydrogen-bond acceptors (Lipinski definition) is 6. The summed E-state index contributed by atoms with van der Waals surface area (Å²) in [6.07, 6.45) is 0. The summed E-state index contributed by atoms with van der Waals surface area (Å²) in [5, 5.41) is 0.396. The fraction of sp³-hybridized carbons (Fsp3) is 0.158. The van der Waals surface area contributed by atoms with Crippen molar-refractivity contribution in [3.05, 3.63) is 58.3 Å². The first-order valence-corrected chi connectivity index (χ1v) is 7.46. The summed E-state index contributed by atoms with van der Waals surface area (Å²) < 4.78 is 21.0. The van der Waals surface area contributed by atoms with Crippen LogP contribution in [0.5, 0.6) is 11.5 Å². The lowest BCUT2D eigenvalue weighted by Crippen LogP contribution is -2.02. The molecule has 0 saturated heterocycles. The summed E-state index contributed by atoms with van der Waals surface area (Å²) in [6, 6.07) is 11.2. The van der Waals surface area contributed by atoms with Gasteiger partial charge in [0, 0.05) is 17.7 Å². The first-order valence-electron chi connectivity index (χ1n) is 7.46. The van der Waals surface area contributed by atoms with E-state index < -0.39 is 5.97 Å². The Labute approximate surface area is 143 Å². The molecule has 0 bridgehead atoms. The SMILES string of the molecule is COC(=O)c1ccc(-c2cc(=O)c3cc(OC)c(OC)cc3o2)cc1. The van der Waals surface area contributed by atoms with Gasteiger partial charge in [0.2, 0.25) is 0 Å². The van der Waals surface area contributed by atoms with Crippen LogP contribution >= 0.6 is 0 Å². The molecule has 128 valence electrons. The van der Waals surface area contributed by atoms with Crippen LogP contribution in [0.25, 0.3) is 22.3 Å². The number of esters is 1. The van der Waals surface area contributed by atoms with E-state index in [1.54, 1.807) is 36.4 Å². The van der Waals surface area contributed by atoms with Gasteiger partial charge in [0.05, 0.1) is 32.3 Å². The number of ether oxygens (including phenoxy) is 3. The summed E-state index contributed by atoms with van der Waals surface area (Å²) >= 11 is 0. The molecule has 2 aromatic carbocycles. The van der Waals surface area contributed by atoms with E-state index in [0.29, 0.717) is 39.4 Å². The summed E-state index contributed by atoms with van der Waals surface area (Å²) in [6.45, 7) is 0. The predicted octanol–water partition coefficient (Wildman–Crippen LogP) is 3.26. The van der Waals surface area contributed by atoms with Gasteiger partial charge < -0.3 is 18.6 Å². The number of carbonyl (C=O) groups excluding carboxylic acids is 1. The van der Waals surface area contributed by atoms with Crippen molar-refractivity contribution in [2.24, 2.45) is 0 Å². The van der Waals surface area contributed by atoms with E-state index in [4.69, 9.17) is 13.9 Å². The van der Waals surface area contributed by atoms with E-state index in [9.17, 15) is 9.59 Å². The Morgan fingerprint density at radius 1 is 0.920 bits per heavy atom. The number of rotatable bonds is 4. The molecule has 3 rings (SSSR count). The number of hydrogen-bond donors (Lipinski definition) is 0. The molecule has 25 heavy (non-hydrogen) atoms. The Morgan fingerprint density at radius 3 is 2.16 bits per heavy atom. The van der Waals surface area contributed by atoms with E-state index in [2.05, 4.69) is 4.74 Å². The van der Waals surface area contributed by atoms with E-state index in [1.165, 1.54) is 27.4 Å². The van der Waals surface area contributed by atoms with Gasteiger partial charge in [-0.1, -0.05) is 12.1 Å². The van der Waals surface area contributed by atoms with Gasteiger partial charge in [0.15, 0.2) is 16.9 Å². The van der Waals surface area contributed by atoms with Crippen LogP contribution in [0.4, 0.5) is 0 Å². The van der Waals surface area contributed by atoms with Gasteiger partial charge in [-0.2, -0.15) is 0 Å². The summed E-state index contributed by atoms with van der Waals surface area (Å²) in [5.74, 6) is 0.887. The van der Waals surface area contributed by atoms with Crippen molar-refractivity contribution in [2.45, 2.75) is 0 Å². The normalized spacial score (nSPS) is 10.5. The molecule has 0 aliphatic rings. The van der Waals surface area contributed by atoms with Crippen LogP contribution < -0.4 is 14.9 Å². The molecule has 0 saturated carbocycles. The van der Waals surface area contributed by atoms with Gasteiger partial charge in [-0.3, -0.25) is 4.79 Å². The Kier molecular flexibility index (Phi) is 4.43. The van der Waals surface area contributed by atoms with Gasteiger partial charge in [-0.15, -0.1) is 0 Å². The molecule has 1 aromatic heterocycles. The van der Waals surface area contributed by atoms with E-state index in [0.717, 1.165) is 0 Å². The van der Waals surface area contributed by atoms with E-state index in [-0.39, 0.29) is 5.43 Å². The van der Waals surface area contributed by atoms with Gasteiger partial charge in [-0.05, 0) is 18.2 Å². The lowest BCUT2D eigenvalue weighted by Gasteiger charge is -2.09. The van der Waals surface area contributed by atoms with Crippen LogP contribution in [0, 0.1) is 0 Å². The second-order valence-electron chi connectivity index (χ2n) is 5.25. The molecule has 0 radical (unpaired) electrons. The molecule has 0 aliphatic heterocycles. The molecule has 1 heterocycles. The third-order valence-electron chi connectivity index (χ3n) is 3.82. The van der Waals surface area contributed by atoms with Gasteiger partial charge >= 0.3 is 5.97 Å². The maximum Gasteiger partial charge on any atom is 0.337 e. The van der Waals surface area contributed by atoms with Crippen molar-refractivity contribution in [3.8, 4) is 22.8 Å². The van der Waals surface area contributed by atoms with Crippen LogP contribution in [0.1, 0.15) is 10.4 Å². The van der Waals surface area contributed by atoms with Crippen LogP contribution in [-0.2, 0) is 4.74 Å². The van der Waals surface area contributed by atoms with Crippen LogP contribution in [0.2, 0.25) is 0 Å². The minimum atomic E-state index is -0.427. The topological polar surface area (TPSA) is 75.0 Å². The van der Waals surface area contributed by atoms with Gasteiger partial charge in [-0.25, -0.2) is 4.79 Å². The molecular formula is C19H16O6. The highest BCUT2D eigenvalue weighted by atomic mass is 16.5. The average Bonchev–Trinajstić information content (AvgIpc) is 2.66. The molecule has 6 nitrogen and oxygen atoms in total. The van der Waals surface area contributed by atoms with Crippen molar-refractivity contribution in [1.29, 1.82) is 0 Å². The zero-order valence-electron chi connectivity index (χ0n) is 14.0. The zero-order valence-corrected chi connectivity index (χ0v) is 14.0. The second kappa shape index (κ2) is 6.68. The number of fused-ring (bicyclic) bond motifs is 1. The summed E-state index contributed by atoms with van der Waals surface area (Å²) in [4.78, 5) is 23.9. The number of benzene rings is 2. The van der Waals surface area contributed by atoms with Gasteiger partial charge in [0.1, 0.15) is 11.3 Å². The number of carbonyl (C=O) groups is 1. The maximum absolute atomic E-state index is 12.4. The monoisotopic (exact) mass is 340 g/mol. The lowest BCUT2D eigenvalue weighted by molar-refractivity contribution is 0.0600. The molecule has 3 aromatic rings. The molecule has 0 atom stereocenters. The van der Waals surface area contributed by atoms with Crippen molar-refractivity contribution < 1.29 is 23.4 Å². The Morgan fingerprint density at radius 2 is 1.56 bits per heavy atom. The Hall–Kier alpha value is -3.28. The molecule has 0 aliphatic carbocycles. The largest absolute Gasteiger partial charge is 0.493 e. The Balaban J connectivity index is 2.11. The molecule has 0 fully saturated rings. The van der Waals surface area contributed by atoms with Crippen LogP contribution in [0.15, 0.2) is 51.7 Å². The standard InChI is InChI=1S/C19H16O6/c1-22-17-8-13-14(20)9-15(25-16(13)10-18(17)23-2)11-4-6-12(7-5-11)19(21)24-3/h4-10H,1-3H3. The average molecular weight is 340 g/mol. The van der Waals surface area contributed by atoms with Crippen molar-refractivity contribution >= 4 is 16.9 Å². The predicted molar refractivity (Wildman–Crippen MR) is 92.4 cm³/mol. The highest BCUT2D eigenvalue weighted by Crippen LogP contribution is 2.32. The first-order chi connectivity index (χ1) is 12.1. The number of methoxy groups -OCH3 is 3. The Bertz CT molecular complexity index is 985. The smallest absolute Gasteiger partial charge is 0.337 e. The van der Waals surface area contributed by atoms with E-state index in [1.807, 2.05) is 0 Å². The first kappa shape index (κ1) is 16.6. The summed E-state index contributed by atoms with van der Waals surface area (Å²) in [5.41, 5.74) is 1.27. The molecule has 0 unspecified atom stereocenters. The van der Waals surface area contributed by atoms with E-state index >= 15 is 0 Å². The van der Waals surface area contributed by atoms with Crippen molar-refractivity contribution in [3.63, 3.8) is 0 Å². The highest BCUT2D eigenvalue weighted by Gasteiger charge is 2.13. The molecule has 6 heteroatoms. The zero-order chi connectivity index (χ0) is 18.0. The molecule has 0 spiro atoms. The van der Waals surface area contributed by atoms with Gasteiger partial charge in [0.25, 0.3) is 0 Å². The fourth-order valence-electron chi connectivity index (χ4n) is 2.51. The van der Waals surface area contributed by atoms with Crippen molar-refractivity contribution in [1.82, 2.24) is 0 Å². The quantitative estimate of drug-likeness (QED) is 0.679. The minimum Gasteiger partial charge on any atom is -0.493 e. The summed E-state index contributed by atoms with van der Waals surface area (Å²) in [7, 11) is 4.33. The third-order valence-corrected chi connectivity index (χ3v) is 3.82. The van der Waals surface area contributed by atoms with Crippen LogP contribution in [-0.4, -0.2) is 27.3 Å². The fourth-order valence-corrected chi connectivity index (χ4v) is 2.51. The van der Waals surface area contributed by atoms with Crippen LogP contribution in [0.3, 0.4) is 0 Å². The molecular weight excluding hydrogens is 324 g/mol. The molecule has 0 N–H and O–H groups in total. The lowest BCUT2D eigenvalue weighted by atomic mass is 10.1. The van der Waals surface area contributed by atoms with Crippen molar-refractivity contribution in [2.75, 3.05) is 21.3 Å². The second-order valence-corrected chi connectivity index (χ2v) is 5.25. The third kappa shape index (κ3) is 3.06. The molecule has 0 amide bonds. The highest BCUT2D eigenvalue weighted by molar-refractivity contribution is 5.90. The minimum absolute atomic E-state index is 0.200. The maximum atomic E-state index is 12.4.